The Labute approximate surface area is 92.1 Å². The van der Waals surface area contributed by atoms with Gasteiger partial charge < -0.3 is 10.0 Å². The third-order valence-corrected chi connectivity index (χ3v) is 2.31. The lowest BCUT2D eigenvalue weighted by molar-refractivity contribution is -0.135. The first-order valence-electron chi connectivity index (χ1n) is 4.97. The van der Waals surface area contributed by atoms with Crippen LogP contribution in [0.4, 0.5) is 5.82 Å². The van der Waals surface area contributed by atoms with Crippen molar-refractivity contribution < 1.29 is 9.90 Å². The van der Waals surface area contributed by atoms with Crippen molar-refractivity contribution in [2.45, 2.75) is 6.92 Å². The van der Waals surface area contributed by atoms with Gasteiger partial charge in [-0.3, -0.25) is 4.79 Å². The molecule has 0 atom stereocenters. The van der Waals surface area contributed by atoms with E-state index >= 15 is 0 Å². The number of fused-ring (bicyclic) bond motifs is 1. The Kier molecular flexibility index (Phi) is 2.72. The van der Waals surface area contributed by atoms with E-state index in [1.165, 1.54) is 0 Å². The molecule has 16 heavy (non-hydrogen) atoms. The van der Waals surface area contributed by atoms with Crippen LogP contribution in [0.15, 0.2) is 24.7 Å². The van der Waals surface area contributed by atoms with E-state index in [4.69, 9.17) is 5.11 Å². The summed E-state index contributed by atoms with van der Waals surface area (Å²) in [4.78, 5) is 16.6. The maximum atomic E-state index is 10.7. The second-order valence-corrected chi connectivity index (χ2v) is 3.32. The van der Waals surface area contributed by atoms with Gasteiger partial charge in [0.15, 0.2) is 5.82 Å². The van der Waals surface area contributed by atoms with Gasteiger partial charge in [-0.1, -0.05) is 0 Å². The van der Waals surface area contributed by atoms with Crippen LogP contribution in [-0.2, 0) is 4.79 Å². The van der Waals surface area contributed by atoms with Crippen molar-refractivity contribution in [3.05, 3.63) is 24.7 Å². The first kappa shape index (κ1) is 10.4. The van der Waals surface area contributed by atoms with Crippen molar-refractivity contribution in [2.24, 2.45) is 0 Å². The standard InChI is InChI=1S/C10H12N4O2/c1-2-13(7-9(15)16)10-8-3-4-12-14(8)6-5-11-10/h3-6H,2,7H2,1H3,(H,15,16). The fraction of sp³-hybridized carbons (Fsp3) is 0.300. The molecule has 0 amide bonds. The normalized spacial score (nSPS) is 10.6. The number of anilines is 1. The molecule has 0 aliphatic carbocycles. The molecule has 0 saturated heterocycles. The maximum Gasteiger partial charge on any atom is 0.323 e. The number of hydrogen-bond acceptors (Lipinski definition) is 4. The Balaban J connectivity index is 2.43. The molecule has 0 bridgehead atoms. The summed E-state index contributed by atoms with van der Waals surface area (Å²) in [6.07, 6.45) is 5.00. The quantitative estimate of drug-likeness (QED) is 0.818. The number of aliphatic carboxylic acids is 1. The van der Waals surface area contributed by atoms with Gasteiger partial charge in [-0.2, -0.15) is 5.10 Å². The van der Waals surface area contributed by atoms with Crippen molar-refractivity contribution in [3.63, 3.8) is 0 Å². The highest BCUT2D eigenvalue weighted by Crippen LogP contribution is 2.17. The van der Waals surface area contributed by atoms with Gasteiger partial charge in [-0.25, -0.2) is 9.50 Å². The highest BCUT2D eigenvalue weighted by Gasteiger charge is 2.13. The molecule has 1 N–H and O–H groups in total. The van der Waals surface area contributed by atoms with Crippen molar-refractivity contribution in [1.29, 1.82) is 0 Å². The second kappa shape index (κ2) is 4.18. The molecule has 2 aromatic heterocycles. The monoisotopic (exact) mass is 220 g/mol. The minimum atomic E-state index is -0.870. The van der Waals surface area contributed by atoms with E-state index in [1.807, 2.05) is 13.0 Å². The van der Waals surface area contributed by atoms with Gasteiger partial charge in [0.05, 0.1) is 6.20 Å². The molecule has 0 aromatic carbocycles. The SMILES string of the molecule is CCN(CC(=O)O)c1nccn2nccc12. The number of rotatable bonds is 4. The Morgan fingerprint density at radius 2 is 2.38 bits per heavy atom. The number of carboxylic acids is 1. The molecule has 0 aliphatic rings. The second-order valence-electron chi connectivity index (χ2n) is 3.32. The van der Waals surface area contributed by atoms with Crippen LogP contribution < -0.4 is 4.90 Å². The first-order valence-corrected chi connectivity index (χ1v) is 4.97. The van der Waals surface area contributed by atoms with E-state index in [-0.39, 0.29) is 6.54 Å². The van der Waals surface area contributed by atoms with Crippen molar-refractivity contribution in [1.82, 2.24) is 14.6 Å². The molecule has 2 rings (SSSR count). The van der Waals surface area contributed by atoms with Crippen molar-refractivity contribution in [2.75, 3.05) is 18.0 Å². The average molecular weight is 220 g/mol. The number of likely N-dealkylation sites (N-methyl/N-ethyl adjacent to an activating group) is 1. The van der Waals surface area contributed by atoms with E-state index in [2.05, 4.69) is 10.1 Å². The molecule has 6 nitrogen and oxygen atoms in total. The predicted molar refractivity (Wildman–Crippen MR) is 58.5 cm³/mol. The third-order valence-electron chi connectivity index (χ3n) is 2.31. The number of carboxylic acid groups (broad SMARTS) is 1. The Bertz CT molecular complexity index is 508. The molecule has 0 radical (unpaired) electrons. The van der Waals surface area contributed by atoms with Crippen LogP contribution in [0.2, 0.25) is 0 Å². The van der Waals surface area contributed by atoms with Gasteiger partial charge in [0.25, 0.3) is 0 Å². The lowest BCUT2D eigenvalue weighted by Crippen LogP contribution is -2.30. The summed E-state index contributed by atoms with van der Waals surface area (Å²) in [6.45, 7) is 2.42. The van der Waals surface area contributed by atoms with E-state index in [1.54, 1.807) is 28.0 Å². The van der Waals surface area contributed by atoms with Crippen LogP contribution in [0, 0.1) is 0 Å². The zero-order chi connectivity index (χ0) is 11.5. The van der Waals surface area contributed by atoms with Crippen LogP contribution >= 0.6 is 0 Å². The minimum absolute atomic E-state index is 0.0612. The van der Waals surface area contributed by atoms with Gasteiger partial charge in [-0.15, -0.1) is 0 Å². The first-order chi connectivity index (χ1) is 7.72. The largest absolute Gasteiger partial charge is 0.480 e. The van der Waals surface area contributed by atoms with Crippen molar-refractivity contribution in [3.8, 4) is 0 Å². The Hall–Kier alpha value is -2.11. The topological polar surface area (TPSA) is 70.7 Å². The van der Waals surface area contributed by atoms with Gasteiger partial charge >= 0.3 is 5.97 Å². The smallest absolute Gasteiger partial charge is 0.323 e. The van der Waals surface area contributed by atoms with Gasteiger partial charge in [0, 0.05) is 18.9 Å². The lowest BCUT2D eigenvalue weighted by Gasteiger charge is -2.19. The molecule has 0 aliphatic heterocycles. The Morgan fingerprint density at radius 3 is 3.06 bits per heavy atom. The van der Waals surface area contributed by atoms with Gasteiger partial charge in [0.1, 0.15) is 12.1 Å². The highest BCUT2D eigenvalue weighted by atomic mass is 16.4. The zero-order valence-corrected chi connectivity index (χ0v) is 8.87. The number of aromatic nitrogens is 3. The zero-order valence-electron chi connectivity index (χ0n) is 8.87. The molecule has 6 heteroatoms. The number of nitrogens with zero attached hydrogens (tertiary/aromatic N) is 4. The summed E-state index contributed by atoms with van der Waals surface area (Å²) in [6, 6.07) is 1.81. The van der Waals surface area contributed by atoms with Crippen molar-refractivity contribution >= 4 is 17.3 Å². The summed E-state index contributed by atoms with van der Waals surface area (Å²) < 4.78 is 1.67. The molecule has 0 fully saturated rings. The minimum Gasteiger partial charge on any atom is -0.480 e. The van der Waals surface area contributed by atoms with Crippen LogP contribution in [0.1, 0.15) is 6.92 Å². The molecule has 84 valence electrons. The van der Waals surface area contributed by atoms with E-state index in [9.17, 15) is 4.79 Å². The highest BCUT2D eigenvalue weighted by molar-refractivity contribution is 5.77. The van der Waals surface area contributed by atoms with Crippen LogP contribution in [-0.4, -0.2) is 38.8 Å². The summed E-state index contributed by atoms with van der Waals surface area (Å²) >= 11 is 0. The van der Waals surface area contributed by atoms with Crippen LogP contribution in [0.25, 0.3) is 5.52 Å². The summed E-state index contributed by atoms with van der Waals surface area (Å²) in [5.41, 5.74) is 0.811. The third kappa shape index (κ3) is 1.81. The molecule has 0 unspecified atom stereocenters. The lowest BCUT2D eigenvalue weighted by atomic mass is 10.4. The molecular weight excluding hydrogens is 208 g/mol. The summed E-state index contributed by atoms with van der Waals surface area (Å²) in [5, 5.41) is 12.9. The molecular formula is C10H12N4O2. The van der Waals surface area contributed by atoms with E-state index in [0.717, 1.165) is 5.52 Å². The number of carbonyl (C=O) groups is 1. The summed E-state index contributed by atoms with van der Waals surface area (Å²) in [7, 11) is 0. The van der Waals surface area contributed by atoms with E-state index in [0.29, 0.717) is 12.4 Å². The van der Waals surface area contributed by atoms with Crippen LogP contribution in [0.5, 0.6) is 0 Å². The Morgan fingerprint density at radius 1 is 1.56 bits per heavy atom. The number of hydrogen-bond donors (Lipinski definition) is 1. The molecule has 0 saturated carbocycles. The molecule has 2 heterocycles. The van der Waals surface area contributed by atoms with E-state index < -0.39 is 5.97 Å². The molecule has 0 spiro atoms. The predicted octanol–water partition coefficient (Wildman–Crippen LogP) is 0.640. The van der Waals surface area contributed by atoms with Gasteiger partial charge in [0.2, 0.25) is 0 Å². The van der Waals surface area contributed by atoms with Gasteiger partial charge in [-0.05, 0) is 13.0 Å². The average Bonchev–Trinajstić information content (AvgIpc) is 2.73. The fourth-order valence-electron chi connectivity index (χ4n) is 1.59. The fourth-order valence-corrected chi connectivity index (χ4v) is 1.59. The maximum absolute atomic E-state index is 10.7. The molecule has 2 aromatic rings. The summed E-state index contributed by atoms with van der Waals surface area (Å²) in [5.74, 6) is -0.227. The van der Waals surface area contributed by atoms with Crippen LogP contribution in [0.3, 0.4) is 0 Å².